The third-order valence-electron chi connectivity index (χ3n) is 3.58. The number of rotatable bonds is 7. The van der Waals surface area contributed by atoms with E-state index < -0.39 is 0 Å². The van der Waals surface area contributed by atoms with Crippen molar-refractivity contribution in [2.24, 2.45) is 0 Å². The second kappa shape index (κ2) is 6.69. The molecule has 0 fully saturated rings. The molecule has 0 atom stereocenters. The fourth-order valence-corrected chi connectivity index (χ4v) is 1.56. The number of hydrogen-bond acceptors (Lipinski definition) is 7. The Morgan fingerprint density at radius 3 is 2.20 bits per heavy atom. The summed E-state index contributed by atoms with van der Waals surface area (Å²) in [6, 6.07) is 0. The Morgan fingerprint density at radius 2 is 1.70 bits per heavy atom. The van der Waals surface area contributed by atoms with Crippen LogP contribution in [0.15, 0.2) is 0 Å². The van der Waals surface area contributed by atoms with Gasteiger partial charge in [0.15, 0.2) is 0 Å². The number of nitrogen functional groups attached to an aromatic ring is 1. The highest BCUT2D eigenvalue weighted by Gasteiger charge is 2.20. The lowest BCUT2D eigenvalue weighted by atomic mass is 10.1. The molecule has 0 aromatic carbocycles. The van der Waals surface area contributed by atoms with Gasteiger partial charge in [-0.1, -0.05) is 0 Å². The van der Waals surface area contributed by atoms with Gasteiger partial charge >= 0.3 is 0 Å². The van der Waals surface area contributed by atoms with E-state index in [1.807, 2.05) is 19.0 Å². The SMILES string of the molecule is CCN(CC)c1nc(N)nc(NCC(C)(C)N(C)C)n1. The van der Waals surface area contributed by atoms with E-state index in [1.165, 1.54) is 0 Å². The summed E-state index contributed by atoms with van der Waals surface area (Å²) < 4.78 is 0. The molecule has 0 amide bonds. The van der Waals surface area contributed by atoms with Crippen molar-refractivity contribution in [3.63, 3.8) is 0 Å². The Kier molecular flexibility index (Phi) is 5.50. The van der Waals surface area contributed by atoms with Crippen molar-refractivity contribution in [1.82, 2.24) is 19.9 Å². The normalized spacial score (nSPS) is 11.8. The molecule has 0 radical (unpaired) electrons. The largest absolute Gasteiger partial charge is 0.368 e. The third kappa shape index (κ3) is 4.19. The molecule has 0 spiro atoms. The van der Waals surface area contributed by atoms with E-state index in [0.29, 0.717) is 11.9 Å². The zero-order valence-electron chi connectivity index (χ0n) is 13.4. The highest BCUT2D eigenvalue weighted by molar-refractivity contribution is 5.41. The zero-order valence-corrected chi connectivity index (χ0v) is 13.4. The van der Waals surface area contributed by atoms with Gasteiger partial charge in [-0.15, -0.1) is 0 Å². The van der Waals surface area contributed by atoms with Gasteiger partial charge in [-0.05, 0) is 41.8 Å². The fourth-order valence-electron chi connectivity index (χ4n) is 1.56. The van der Waals surface area contributed by atoms with Gasteiger partial charge in [0.05, 0.1) is 0 Å². The summed E-state index contributed by atoms with van der Waals surface area (Å²) in [5, 5.41) is 3.24. The first-order valence-corrected chi connectivity index (χ1v) is 6.98. The first kappa shape index (κ1) is 16.4. The Hall–Kier alpha value is -1.63. The minimum Gasteiger partial charge on any atom is -0.368 e. The summed E-state index contributed by atoms with van der Waals surface area (Å²) in [5.41, 5.74) is 5.76. The summed E-state index contributed by atoms with van der Waals surface area (Å²) in [7, 11) is 4.09. The lowest BCUT2D eigenvalue weighted by molar-refractivity contribution is 0.209. The molecule has 0 saturated carbocycles. The average Bonchev–Trinajstić information content (AvgIpc) is 2.37. The Labute approximate surface area is 121 Å². The summed E-state index contributed by atoms with van der Waals surface area (Å²) in [4.78, 5) is 17.0. The Balaban J connectivity index is 2.86. The van der Waals surface area contributed by atoms with Crippen LogP contribution in [0, 0.1) is 0 Å². The van der Waals surface area contributed by atoms with Crippen molar-refractivity contribution in [3.8, 4) is 0 Å². The molecule has 20 heavy (non-hydrogen) atoms. The molecule has 0 aliphatic carbocycles. The van der Waals surface area contributed by atoms with Crippen LogP contribution in [0.5, 0.6) is 0 Å². The van der Waals surface area contributed by atoms with Crippen LogP contribution < -0.4 is 16.0 Å². The van der Waals surface area contributed by atoms with Crippen LogP contribution >= 0.6 is 0 Å². The molecule has 0 bridgehead atoms. The predicted octanol–water partition coefficient (Wildman–Crippen LogP) is 1.05. The first-order valence-electron chi connectivity index (χ1n) is 6.98. The summed E-state index contributed by atoms with van der Waals surface area (Å²) >= 11 is 0. The molecule has 3 N–H and O–H groups in total. The molecule has 1 rings (SSSR count). The number of anilines is 3. The third-order valence-corrected chi connectivity index (χ3v) is 3.58. The molecule has 0 aliphatic heterocycles. The van der Waals surface area contributed by atoms with E-state index in [0.717, 1.165) is 19.6 Å². The molecule has 0 unspecified atom stereocenters. The second-order valence-electron chi connectivity index (χ2n) is 5.55. The summed E-state index contributed by atoms with van der Waals surface area (Å²) in [5.74, 6) is 1.38. The highest BCUT2D eigenvalue weighted by atomic mass is 15.3. The number of likely N-dealkylation sites (N-methyl/N-ethyl adjacent to an activating group) is 1. The van der Waals surface area contributed by atoms with E-state index >= 15 is 0 Å². The van der Waals surface area contributed by atoms with Gasteiger partial charge in [0.2, 0.25) is 17.8 Å². The van der Waals surface area contributed by atoms with E-state index in [-0.39, 0.29) is 11.5 Å². The number of nitrogens with one attached hydrogen (secondary N) is 1. The van der Waals surface area contributed by atoms with Crippen molar-refractivity contribution < 1.29 is 0 Å². The van der Waals surface area contributed by atoms with Gasteiger partial charge in [-0.2, -0.15) is 15.0 Å². The molecule has 0 aliphatic rings. The minimum atomic E-state index is -0.00322. The second-order valence-corrected chi connectivity index (χ2v) is 5.55. The maximum atomic E-state index is 5.77. The molecule has 1 aromatic rings. The minimum absolute atomic E-state index is 0.00322. The predicted molar refractivity (Wildman–Crippen MR) is 84.1 cm³/mol. The first-order chi connectivity index (χ1) is 9.30. The average molecular weight is 281 g/mol. The van der Waals surface area contributed by atoms with Gasteiger partial charge < -0.3 is 20.9 Å². The van der Waals surface area contributed by atoms with Gasteiger partial charge in [-0.25, -0.2) is 0 Å². The zero-order chi connectivity index (χ0) is 15.3. The molecule has 1 heterocycles. The standard InChI is InChI=1S/C13H27N7/c1-7-20(8-2)12-17-10(14)16-11(18-12)15-9-13(3,4)19(5)6/h7-9H2,1-6H3,(H3,14,15,16,17,18). The van der Waals surface area contributed by atoms with Crippen LogP contribution in [0.3, 0.4) is 0 Å². The van der Waals surface area contributed by atoms with E-state index in [9.17, 15) is 0 Å². The van der Waals surface area contributed by atoms with E-state index in [1.54, 1.807) is 0 Å². The lowest BCUT2D eigenvalue weighted by Crippen LogP contribution is -2.44. The van der Waals surface area contributed by atoms with Crippen LogP contribution in [-0.2, 0) is 0 Å². The van der Waals surface area contributed by atoms with Crippen molar-refractivity contribution in [2.75, 3.05) is 49.7 Å². The fraction of sp³-hybridized carbons (Fsp3) is 0.769. The van der Waals surface area contributed by atoms with Crippen LogP contribution in [0.25, 0.3) is 0 Å². The van der Waals surface area contributed by atoms with Gasteiger partial charge in [0, 0.05) is 25.2 Å². The molecule has 7 heteroatoms. The molecule has 114 valence electrons. The lowest BCUT2D eigenvalue weighted by Gasteiger charge is -2.32. The van der Waals surface area contributed by atoms with Crippen LogP contribution in [-0.4, -0.2) is 59.1 Å². The molecule has 0 saturated heterocycles. The van der Waals surface area contributed by atoms with Crippen molar-refractivity contribution >= 4 is 17.8 Å². The quantitative estimate of drug-likeness (QED) is 0.773. The van der Waals surface area contributed by atoms with Crippen molar-refractivity contribution in [3.05, 3.63) is 0 Å². The van der Waals surface area contributed by atoms with E-state index in [2.05, 4.69) is 52.9 Å². The number of nitrogens with two attached hydrogens (primary N) is 1. The van der Waals surface area contributed by atoms with Crippen LogP contribution in [0.1, 0.15) is 27.7 Å². The maximum Gasteiger partial charge on any atom is 0.231 e. The smallest absolute Gasteiger partial charge is 0.231 e. The maximum absolute atomic E-state index is 5.77. The van der Waals surface area contributed by atoms with Crippen molar-refractivity contribution in [1.29, 1.82) is 0 Å². The molecule has 1 aromatic heterocycles. The number of hydrogen-bond donors (Lipinski definition) is 2. The number of nitrogens with zero attached hydrogens (tertiary/aromatic N) is 5. The summed E-state index contributed by atoms with van der Waals surface area (Å²) in [6.45, 7) is 10.8. The van der Waals surface area contributed by atoms with Crippen molar-refractivity contribution in [2.45, 2.75) is 33.2 Å². The Bertz CT molecular complexity index is 427. The van der Waals surface area contributed by atoms with Gasteiger partial charge in [0.25, 0.3) is 0 Å². The summed E-state index contributed by atoms with van der Waals surface area (Å²) in [6.07, 6.45) is 0. The highest BCUT2D eigenvalue weighted by Crippen LogP contribution is 2.14. The molecular weight excluding hydrogens is 254 g/mol. The monoisotopic (exact) mass is 281 g/mol. The molecular formula is C13H27N7. The van der Waals surface area contributed by atoms with Gasteiger partial charge in [0.1, 0.15) is 0 Å². The van der Waals surface area contributed by atoms with Crippen LogP contribution in [0.2, 0.25) is 0 Å². The Morgan fingerprint density at radius 1 is 1.10 bits per heavy atom. The van der Waals surface area contributed by atoms with E-state index in [4.69, 9.17) is 5.73 Å². The topological polar surface area (TPSA) is 83.2 Å². The number of aromatic nitrogens is 3. The molecule has 7 nitrogen and oxygen atoms in total. The van der Waals surface area contributed by atoms with Gasteiger partial charge in [-0.3, -0.25) is 0 Å². The van der Waals surface area contributed by atoms with Crippen LogP contribution in [0.4, 0.5) is 17.8 Å².